The maximum Gasteiger partial charge on any atom is 0.245 e. The fourth-order valence-electron chi connectivity index (χ4n) is 2.93. The second-order valence-electron chi connectivity index (χ2n) is 5.88. The third-order valence-corrected chi connectivity index (χ3v) is 4.42. The Morgan fingerprint density at radius 2 is 2.20 bits per heavy atom. The molecule has 3 heterocycles. The number of aliphatic hydroxyl groups is 1. The van der Waals surface area contributed by atoms with Crippen LogP contribution in [0, 0.1) is 25.2 Å². The van der Waals surface area contributed by atoms with E-state index >= 15 is 4.39 Å². The second-order valence-corrected chi connectivity index (χ2v) is 5.88. The largest absolute Gasteiger partial charge is 0.476 e. The second kappa shape index (κ2) is 5.89. The van der Waals surface area contributed by atoms with Crippen LogP contribution in [-0.4, -0.2) is 49.4 Å². The molecule has 1 aliphatic heterocycles. The number of nitrogens with zero attached hydrogens (tertiary/aromatic N) is 4. The van der Waals surface area contributed by atoms with Gasteiger partial charge in [-0.3, -0.25) is 4.57 Å². The smallest absolute Gasteiger partial charge is 0.245 e. The van der Waals surface area contributed by atoms with Gasteiger partial charge in [0.15, 0.2) is 17.4 Å². The van der Waals surface area contributed by atoms with E-state index in [0.29, 0.717) is 12.4 Å². The van der Waals surface area contributed by atoms with Crippen LogP contribution in [0.1, 0.15) is 25.9 Å². The molecule has 0 bridgehead atoms. The van der Waals surface area contributed by atoms with E-state index in [1.165, 1.54) is 17.8 Å². The minimum Gasteiger partial charge on any atom is -0.476 e. The molecule has 2 aromatic heterocycles. The Labute approximate surface area is 143 Å². The normalized spacial score (nSPS) is 32.0. The summed E-state index contributed by atoms with van der Waals surface area (Å²) in [6.45, 7) is 3.99. The van der Waals surface area contributed by atoms with Gasteiger partial charge in [-0.15, -0.1) is 6.42 Å². The van der Waals surface area contributed by atoms with Crippen molar-refractivity contribution in [3.8, 4) is 18.2 Å². The van der Waals surface area contributed by atoms with Gasteiger partial charge in [0.2, 0.25) is 17.4 Å². The van der Waals surface area contributed by atoms with Crippen molar-refractivity contribution in [1.82, 2.24) is 19.5 Å². The van der Waals surface area contributed by atoms with Crippen molar-refractivity contribution < 1.29 is 23.4 Å². The third kappa shape index (κ3) is 2.44. The lowest BCUT2D eigenvalue weighted by Crippen LogP contribution is -2.40. The molecule has 4 atom stereocenters. The van der Waals surface area contributed by atoms with Crippen LogP contribution in [0.4, 0.5) is 8.78 Å². The summed E-state index contributed by atoms with van der Waals surface area (Å²) in [5, 5.41) is 9.30. The standard InChI is InChI=1S/C16H18F2N4O3/c1-5-15(17)9(3)16(18,7-23)25-14(15)22-8-19-11-12(22)20-10(4)21-13(11)24-6-2/h1,8-9,14,23H,6-7H2,2-4H3/t9-,14+,15+,16+/m0/s1. The van der Waals surface area contributed by atoms with E-state index in [1.54, 1.807) is 13.8 Å². The summed E-state index contributed by atoms with van der Waals surface area (Å²) in [6.07, 6.45) is 5.04. The molecule has 3 rings (SSSR count). The lowest BCUT2D eigenvalue weighted by molar-refractivity contribution is -0.191. The molecule has 25 heavy (non-hydrogen) atoms. The predicted molar refractivity (Wildman–Crippen MR) is 84.1 cm³/mol. The molecule has 0 aromatic carbocycles. The number of hydrogen-bond acceptors (Lipinski definition) is 6. The summed E-state index contributed by atoms with van der Waals surface area (Å²) in [6, 6.07) is 0. The van der Waals surface area contributed by atoms with Crippen molar-refractivity contribution in [2.45, 2.75) is 38.5 Å². The van der Waals surface area contributed by atoms with Crippen molar-refractivity contribution in [3.63, 3.8) is 0 Å². The lowest BCUT2D eigenvalue weighted by atomic mass is 9.87. The summed E-state index contributed by atoms with van der Waals surface area (Å²) in [5.41, 5.74) is -2.02. The highest BCUT2D eigenvalue weighted by Crippen LogP contribution is 2.52. The van der Waals surface area contributed by atoms with Gasteiger partial charge in [-0.1, -0.05) is 12.8 Å². The molecular weight excluding hydrogens is 334 g/mol. The van der Waals surface area contributed by atoms with Gasteiger partial charge in [0.05, 0.1) is 18.9 Å². The molecule has 0 spiro atoms. The van der Waals surface area contributed by atoms with E-state index in [0.717, 1.165) is 0 Å². The first-order valence-corrected chi connectivity index (χ1v) is 7.79. The number of halogens is 2. The highest BCUT2D eigenvalue weighted by atomic mass is 19.2. The molecule has 1 saturated heterocycles. The van der Waals surface area contributed by atoms with Gasteiger partial charge in [-0.25, -0.2) is 18.7 Å². The van der Waals surface area contributed by atoms with E-state index in [2.05, 4.69) is 15.0 Å². The van der Waals surface area contributed by atoms with Gasteiger partial charge in [-0.2, -0.15) is 4.98 Å². The van der Waals surface area contributed by atoms with Gasteiger partial charge in [0, 0.05) is 0 Å². The minimum atomic E-state index is -2.62. The third-order valence-electron chi connectivity index (χ3n) is 4.42. The van der Waals surface area contributed by atoms with Gasteiger partial charge < -0.3 is 14.6 Å². The van der Waals surface area contributed by atoms with Crippen LogP contribution in [-0.2, 0) is 4.74 Å². The maximum atomic E-state index is 15.4. The molecule has 0 aliphatic carbocycles. The van der Waals surface area contributed by atoms with E-state index in [9.17, 15) is 9.50 Å². The molecule has 0 unspecified atom stereocenters. The Kier molecular flexibility index (Phi) is 4.13. The van der Waals surface area contributed by atoms with E-state index in [1.807, 2.05) is 5.92 Å². The molecule has 9 heteroatoms. The minimum absolute atomic E-state index is 0.201. The number of aliphatic hydroxyl groups excluding tert-OH is 1. The van der Waals surface area contributed by atoms with Crippen molar-refractivity contribution in [3.05, 3.63) is 12.2 Å². The fraction of sp³-hybridized carbons (Fsp3) is 0.562. The molecule has 2 aromatic rings. The number of ether oxygens (including phenoxy) is 2. The molecule has 134 valence electrons. The number of fused-ring (bicyclic) bond motifs is 1. The average molecular weight is 352 g/mol. The van der Waals surface area contributed by atoms with E-state index in [-0.39, 0.29) is 17.0 Å². The van der Waals surface area contributed by atoms with Gasteiger partial charge in [0.1, 0.15) is 12.4 Å². The molecule has 1 aliphatic rings. The average Bonchev–Trinajstić information content (AvgIpc) is 3.09. The Bertz CT molecular complexity index is 852. The van der Waals surface area contributed by atoms with Crippen LogP contribution in [0.3, 0.4) is 0 Å². The molecular formula is C16H18F2N4O3. The summed E-state index contributed by atoms with van der Waals surface area (Å²) in [5.74, 6) is -1.45. The van der Waals surface area contributed by atoms with Crippen LogP contribution in [0.25, 0.3) is 11.2 Å². The first-order chi connectivity index (χ1) is 11.8. The summed E-state index contributed by atoms with van der Waals surface area (Å²) in [4.78, 5) is 12.5. The number of aromatic nitrogens is 4. The zero-order valence-electron chi connectivity index (χ0n) is 14.0. The van der Waals surface area contributed by atoms with E-state index < -0.39 is 30.3 Å². The van der Waals surface area contributed by atoms with Crippen LogP contribution in [0.15, 0.2) is 6.33 Å². The van der Waals surface area contributed by atoms with Gasteiger partial charge in [-0.05, 0) is 13.8 Å². The molecule has 0 amide bonds. The molecule has 0 saturated carbocycles. The quantitative estimate of drug-likeness (QED) is 0.844. The van der Waals surface area contributed by atoms with Crippen molar-refractivity contribution in [2.24, 2.45) is 5.92 Å². The molecule has 1 fully saturated rings. The van der Waals surface area contributed by atoms with Crippen molar-refractivity contribution in [2.75, 3.05) is 13.2 Å². The molecule has 0 radical (unpaired) electrons. The maximum absolute atomic E-state index is 15.4. The number of rotatable bonds is 4. The van der Waals surface area contributed by atoms with Gasteiger partial charge in [0.25, 0.3) is 0 Å². The fourth-order valence-corrected chi connectivity index (χ4v) is 2.93. The Morgan fingerprint density at radius 3 is 2.80 bits per heavy atom. The monoisotopic (exact) mass is 352 g/mol. The summed E-state index contributed by atoms with van der Waals surface area (Å²) in [7, 11) is 0. The highest BCUT2D eigenvalue weighted by Gasteiger charge is 2.64. The van der Waals surface area contributed by atoms with Crippen molar-refractivity contribution >= 4 is 11.2 Å². The van der Waals surface area contributed by atoms with Crippen molar-refractivity contribution in [1.29, 1.82) is 0 Å². The Balaban J connectivity index is 2.18. The van der Waals surface area contributed by atoms with Crippen LogP contribution < -0.4 is 4.74 Å². The van der Waals surface area contributed by atoms with Crippen LogP contribution in [0.5, 0.6) is 5.88 Å². The summed E-state index contributed by atoms with van der Waals surface area (Å²) >= 11 is 0. The number of terminal acetylenes is 1. The number of hydrogen-bond donors (Lipinski definition) is 1. The SMILES string of the molecule is C#C[C@]1(F)[C@H](n2cnc3c(OCC)nc(C)nc32)O[C@](F)(CO)[C@H]1C. The van der Waals surface area contributed by atoms with Crippen LogP contribution in [0.2, 0.25) is 0 Å². The first-order valence-electron chi connectivity index (χ1n) is 7.79. The van der Waals surface area contributed by atoms with Crippen LogP contribution >= 0.6 is 0 Å². The number of alkyl halides is 2. The summed E-state index contributed by atoms with van der Waals surface area (Å²) < 4.78 is 42.0. The highest BCUT2D eigenvalue weighted by molar-refractivity contribution is 5.76. The Morgan fingerprint density at radius 1 is 1.48 bits per heavy atom. The Hall–Kier alpha value is -2.31. The first kappa shape index (κ1) is 17.5. The predicted octanol–water partition coefficient (Wildman–Crippen LogP) is 1.70. The molecule has 7 nitrogen and oxygen atoms in total. The topological polar surface area (TPSA) is 82.3 Å². The zero-order valence-corrected chi connectivity index (χ0v) is 14.0. The number of imidazole rings is 1. The molecule has 1 N–H and O–H groups in total. The van der Waals surface area contributed by atoms with Gasteiger partial charge >= 0.3 is 0 Å². The van der Waals surface area contributed by atoms with E-state index in [4.69, 9.17) is 15.9 Å². The lowest BCUT2D eigenvalue weighted by Gasteiger charge is -2.24. The number of aryl methyl sites for hydroxylation is 1. The zero-order chi connectivity index (χ0) is 18.4.